The number of fused-ring (bicyclic) bond motifs is 2. The van der Waals surface area contributed by atoms with E-state index >= 15 is 0 Å². The quantitative estimate of drug-likeness (QED) is 0.239. The van der Waals surface area contributed by atoms with Gasteiger partial charge in [0.05, 0.1) is 8.07 Å². The molecule has 2 nitrogen and oxygen atoms in total. The topological polar surface area (TPSA) is 14.2 Å². The molecule has 32 heavy (non-hydrogen) atoms. The molecule has 0 N–H and O–H groups in total. The number of hydrogen-bond acceptors (Lipinski definition) is 1. The summed E-state index contributed by atoms with van der Waals surface area (Å²) in [6.07, 6.45) is 6.43. The normalized spacial score (nSPS) is 15.5. The van der Waals surface area contributed by atoms with Crippen LogP contribution in [-0.2, 0) is 0 Å². The largest absolute Gasteiger partial charge is 0.489 e. The average Bonchev–Trinajstić information content (AvgIpc) is 3.35. The molecule has 1 atom stereocenters. The molecule has 0 amide bonds. The van der Waals surface area contributed by atoms with Crippen molar-refractivity contribution in [2.45, 2.75) is 25.6 Å². The number of para-hydroxylation sites is 1. The van der Waals surface area contributed by atoms with E-state index in [9.17, 15) is 0 Å². The monoisotopic (exact) mass is 435 g/mol. The minimum atomic E-state index is -2.00. The summed E-state index contributed by atoms with van der Waals surface area (Å²) in [5.74, 6) is 1.03. The number of aromatic nitrogens is 1. The van der Waals surface area contributed by atoms with Crippen LogP contribution in [0.4, 0.5) is 0 Å². The van der Waals surface area contributed by atoms with Crippen molar-refractivity contribution in [3.63, 3.8) is 0 Å². The standard InChI is InChI=1S/C29H29NOSi/c1-5-19-31-28-24-14-10-9-11-22(24)15-16-27(28)32(3,4)29-21(2)20-26-25(29)17-18-30(26)23-12-7-6-8-13-23/h5-18,20,29H,1,19H2,2-4H3. The van der Waals surface area contributed by atoms with Crippen molar-refractivity contribution < 1.29 is 4.74 Å². The first-order valence-corrected chi connectivity index (χ1v) is 14.3. The van der Waals surface area contributed by atoms with Crippen molar-refractivity contribution in [2.24, 2.45) is 0 Å². The first-order chi connectivity index (χ1) is 15.5. The van der Waals surface area contributed by atoms with Gasteiger partial charge in [-0.15, -0.1) is 0 Å². The van der Waals surface area contributed by atoms with Crippen LogP contribution < -0.4 is 9.92 Å². The summed E-state index contributed by atoms with van der Waals surface area (Å²) in [7, 11) is -2.00. The molecule has 1 aromatic heterocycles. The van der Waals surface area contributed by atoms with Gasteiger partial charge in [-0.1, -0.05) is 85.9 Å². The summed E-state index contributed by atoms with van der Waals surface area (Å²) >= 11 is 0. The molecule has 1 aliphatic carbocycles. The second kappa shape index (κ2) is 7.99. The first-order valence-electron chi connectivity index (χ1n) is 11.2. The summed E-state index contributed by atoms with van der Waals surface area (Å²) in [5, 5.41) is 3.78. The minimum absolute atomic E-state index is 0.412. The molecule has 160 valence electrons. The fourth-order valence-electron chi connectivity index (χ4n) is 5.38. The minimum Gasteiger partial charge on any atom is -0.489 e. The van der Waals surface area contributed by atoms with E-state index < -0.39 is 8.07 Å². The molecule has 0 radical (unpaired) electrons. The Labute approximate surface area is 191 Å². The van der Waals surface area contributed by atoms with Crippen LogP contribution in [-0.4, -0.2) is 19.2 Å². The number of ether oxygens (including phenoxy) is 1. The molecule has 1 heterocycles. The Morgan fingerprint density at radius 3 is 2.50 bits per heavy atom. The van der Waals surface area contributed by atoms with Gasteiger partial charge >= 0.3 is 0 Å². The second-order valence-corrected chi connectivity index (χ2v) is 13.7. The number of allylic oxidation sites excluding steroid dienone is 1. The van der Waals surface area contributed by atoms with Gasteiger partial charge < -0.3 is 9.30 Å². The molecule has 1 aliphatic rings. The van der Waals surface area contributed by atoms with E-state index in [1.54, 1.807) is 0 Å². The van der Waals surface area contributed by atoms with Gasteiger partial charge in [-0.2, -0.15) is 0 Å². The van der Waals surface area contributed by atoms with Crippen molar-refractivity contribution in [1.82, 2.24) is 4.57 Å². The summed E-state index contributed by atoms with van der Waals surface area (Å²) in [5.41, 5.74) is 5.81. The lowest BCUT2D eigenvalue weighted by Crippen LogP contribution is -2.48. The van der Waals surface area contributed by atoms with E-state index in [1.165, 1.54) is 38.5 Å². The highest BCUT2D eigenvalue weighted by Gasteiger charge is 2.42. The van der Waals surface area contributed by atoms with E-state index in [2.05, 4.69) is 116 Å². The maximum absolute atomic E-state index is 6.34. The second-order valence-electron chi connectivity index (χ2n) is 9.17. The van der Waals surface area contributed by atoms with Crippen LogP contribution in [0, 0.1) is 0 Å². The van der Waals surface area contributed by atoms with E-state index in [-0.39, 0.29) is 0 Å². The van der Waals surface area contributed by atoms with Gasteiger partial charge in [0.15, 0.2) is 0 Å². The molecular weight excluding hydrogens is 406 g/mol. The van der Waals surface area contributed by atoms with Crippen LogP contribution in [0.3, 0.4) is 0 Å². The SMILES string of the molecule is C=CCOc1c([Si](C)(C)C2C(C)=Cc3c2ccn3-c2ccccc2)ccc2ccccc12. The lowest BCUT2D eigenvalue weighted by molar-refractivity contribution is 0.370. The van der Waals surface area contributed by atoms with Gasteiger partial charge in [0.2, 0.25) is 0 Å². The van der Waals surface area contributed by atoms with Crippen LogP contribution in [0.5, 0.6) is 5.75 Å². The summed E-state index contributed by atoms with van der Waals surface area (Å²) in [6.45, 7) is 11.6. The van der Waals surface area contributed by atoms with Gasteiger partial charge in [-0.3, -0.25) is 0 Å². The zero-order chi connectivity index (χ0) is 22.3. The third-order valence-corrected chi connectivity index (χ3v) is 10.8. The predicted octanol–water partition coefficient (Wildman–Crippen LogP) is 6.85. The van der Waals surface area contributed by atoms with Gasteiger partial charge in [-0.25, -0.2) is 0 Å². The van der Waals surface area contributed by atoms with E-state index in [1.807, 2.05) is 6.08 Å². The third-order valence-electron chi connectivity index (χ3n) is 6.76. The Bertz CT molecular complexity index is 1330. The fourth-order valence-corrected chi connectivity index (χ4v) is 9.24. The van der Waals surface area contributed by atoms with Crippen LogP contribution in [0.1, 0.15) is 23.7 Å². The van der Waals surface area contributed by atoms with Gasteiger partial charge in [-0.05, 0) is 47.3 Å². The molecule has 3 heteroatoms. The van der Waals surface area contributed by atoms with Gasteiger partial charge in [0.25, 0.3) is 0 Å². The van der Waals surface area contributed by atoms with Crippen molar-refractivity contribution in [2.75, 3.05) is 6.61 Å². The maximum atomic E-state index is 6.34. The summed E-state index contributed by atoms with van der Waals surface area (Å²) in [6, 6.07) is 26.0. The molecule has 0 saturated heterocycles. The van der Waals surface area contributed by atoms with E-state index in [4.69, 9.17) is 4.74 Å². The molecule has 0 spiro atoms. The van der Waals surface area contributed by atoms with Crippen LogP contribution in [0.2, 0.25) is 13.1 Å². The Kier molecular flexibility index (Phi) is 5.14. The summed E-state index contributed by atoms with van der Waals surface area (Å²) < 4.78 is 8.65. The molecular formula is C29H29NOSi. The van der Waals surface area contributed by atoms with E-state index in [0.717, 1.165) is 5.75 Å². The van der Waals surface area contributed by atoms with Crippen molar-refractivity contribution in [3.8, 4) is 11.4 Å². The van der Waals surface area contributed by atoms with Crippen LogP contribution in [0.15, 0.2) is 97.2 Å². The maximum Gasteiger partial charge on any atom is 0.126 e. The molecule has 0 saturated carbocycles. The zero-order valence-electron chi connectivity index (χ0n) is 19.0. The Balaban J connectivity index is 1.64. The number of benzene rings is 3. The summed E-state index contributed by atoms with van der Waals surface area (Å²) in [4.78, 5) is 0. The van der Waals surface area contributed by atoms with Crippen LogP contribution in [0.25, 0.3) is 22.5 Å². The molecule has 5 rings (SSSR count). The van der Waals surface area contributed by atoms with Crippen molar-refractivity contribution in [3.05, 3.63) is 108 Å². The Morgan fingerprint density at radius 1 is 0.969 bits per heavy atom. The number of hydrogen-bond donors (Lipinski definition) is 0. The highest BCUT2D eigenvalue weighted by molar-refractivity contribution is 6.92. The Hall–Kier alpha value is -3.30. The zero-order valence-corrected chi connectivity index (χ0v) is 20.0. The lowest BCUT2D eigenvalue weighted by Gasteiger charge is -2.33. The van der Waals surface area contributed by atoms with Crippen molar-refractivity contribution in [1.29, 1.82) is 0 Å². The Morgan fingerprint density at radius 2 is 1.72 bits per heavy atom. The fraction of sp³-hybridized carbons (Fsp3) is 0.172. The lowest BCUT2D eigenvalue weighted by atomic mass is 10.1. The molecule has 3 aromatic carbocycles. The third kappa shape index (κ3) is 3.25. The first kappa shape index (κ1) is 20.6. The van der Waals surface area contributed by atoms with Gasteiger partial charge in [0.1, 0.15) is 12.4 Å². The highest BCUT2D eigenvalue weighted by atomic mass is 28.3. The number of rotatable bonds is 6. The molecule has 0 bridgehead atoms. The number of nitrogens with zero attached hydrogens (tertiary/aromatic N) is 1. The molecule has 0 fully saturated rings. The predicted molar refractivity (Wildman–Crippen MR) is 139 cm³/mol. The highest BCUT2D eigenvalue weighted by Crippen LogP contribution is 2.44. The molecule has 0 aliphatic heterocycles. The molecule has 1 unspecified atom stereocenters. The van der Waals surface area contributed by atoms with Crippen LogP contribution >= 0.6 is 0 Å². The smallest absolute Gasteiger partial charge is 0.126 e. The van der Waals surface area contributed by atoms with Crippen molar-refractivity contribution >= 4 is 30.1 Å². The molecule has 4 aromatic rings. The van der Waals surface area contributed by atoms with Gasteiger partial charge in [0, 0.05) is 28.5 Å². The average molecular weight is 436 g/mol. The van der Waals surface area contributed by atoms with E-state index in [0.29, 0.717) is 12.1 Å².